The highest BCUT2D eigenvalue weighted by atomic mass is 16.5. The van der Waals surface area contributed by atoms with E-state index in [1.807, 2.05) is 19.1 Å². The van der Waals surface area contributed by atoms with Crippen molar-refractivity contribution >= 4 is 11.9 Å². The quantitative estimate of drug-likeness (QED) is 0.812. The fourth-order valence-electron chi connectivity index (χ4n) is 4.49. The first-order chi connectivity index (χ1) is 13.4. The third kappa shape index (κ3) is 3.54. The largest absolute Gasteiger partial charge is 0.507 e. The average Bonchev–Trinajstić information content (AvgIpc) is 2.95. The number of Topliss-reactive ketones (excluding diaryl/α,β-unsaturated/α-hetero) is 1. The van der Waals surface area contributed by atoms with Crippen LogP contribution in [0.25, 0.3) is 6.08 Å². The van der Waals surface area contributed by atoms with Crippen molar-refractivity contribution in [3.05, 3.63) is 58.6 Å². The van der Waals surface area contributed by atoms with Gasteiger partial charge in [0.1, 0.15) is 11.5 Å². The molecule has 3 heterocycles. The number of pyridine rings is 1. The van der Waals surface area contributed by atoms with E-state index >= 15 is 0 Å². The van der Waals surface area contributed by atoms with Crippen LogP contribution in [0, 0.1) is 18.8 Å². The topological polar surface area (TPSA) is 62.7 Å². The Morgan fingerprint density at radius 2 is 1.93 bits per heavy atom. The SMILES string of the molecule is Cc1cc(O)c(CN2CC(C)CC(C)C2)c2c1C(=O)/C(=C\c1ccncc1)O2. The number of ketones is 1. The fourth-order valence-corrected chi connectivity index (χ4v) is 4.49. The van der Waals surface area contributed by atoms with Crippen LogP contribution in [0.2, 0.25) is 0 Å². The molecule has 28 heavy (non-hydrogen) atoms. The molecule has 2 aliphatic rings. The summed E-state index contributed by atoms with van der Waals surface area (Å²) >= 11 is 0. The molecule has 0 bridgehead atoms. The average molecular weight is 378 g/mol. The van der Waals surface area contributed by atoms with Crippen LogP contribution < -0.4 is 4.74 Å². The van der Waals surface area contributed by atoms with Crippen LogP contribution in [0.5, 0.6) is 11.5 Å². The lowest BCUT2D eigenvalue weighted by Gasteiger charge is -2.35. The molecule has 0 aliphatic carbocycles. The predicted molar refractivity (Wildman–Crippen MR) is 108 cm³/mol. The van der Waals surface area contributed by atoms with E-state index in [1.165, 1.54) is 6.42 Å². The molecule has 4 rings (SSSR count). The van der Waals surface area contributed by atoms with Crippen molar-refractivity contribution < 1.29 is 14.6 Å². The number of aromatic hydroxyl groups is 1. The number of aryl methyl sites for hydroxylation is 1. The van der Waals surface area contributed by atoms with Crippen molar-refractivity contribution in [2.24, 2.45) is 11.8 Å². The Bertz CT molecular complexity index is 927. The van der Waals surface area contributed by atoms with Crippen molar-refractivity contribution in [2.75, 3.05) is 13.1 Å². The van der Waals surface area contributed by atoms with Crippen molar-refractivity contribution in [3.8, 4) is 11.5 Å². The molecule has 5 nitrogen and oxygen atoms in total. The maximum Gasteiger partial charge on any atom is 0.232 e. The Morgan fingerprint density at radius 3 is 2.61 bits per heavy atom. The van der Waals surface area contributed by atoms with Crippen LogP contribution in [0.15, 0.2) is 36.4 Å². The van der Waals surface area contributed by atoms with E-state index in [2.05, 4.69) is 23.7 Å². The summed E-state index contributed by atoms with van der Waals surface area (Å²) < 4.78 is 6.02. The number of hydrogen-bond donors (Lipinski definition) is 1. The van der Waals surface area contributed by atoms with E-state index < -0.39 is 0 Å². The number of piperidine rings is 1. The lowest BCUT2D eigenvalue weighted by molar-refractivity contribution is 0.101. The van der Waals surface area contributed by atoms with Gasteiger partial charge in [0.25, 0.3) is 0 Å². The number of phenols is 1. The van der Waals surface area contributed by atoms with Gasteiger partial charge in [0, 0.05) is 32.0 Å². The lowest BCUT2D eigenvalue weighted by atomic mass is 9.91. The first-order valence-corrected chi connectivity index (χ1v) is 9.84. The molecule has 146 valence electrons. The van der Waals surface area contributed by atoms with Gasteiger partial charge in [-0.3, -0.25) is 14.7 Å². The summed E-state index contributed by atoms with van der Waals surface area (Å²) in [4.78, 5) is 19.3. The Labute approximate surface area is 165 Å². The van der Waals surface area contributed by atoms with Gasteiger partial charge in [-0.2, -0.15) is 0 Å². The zero-order valence-corrected chi connectivity index (χ0v) is 16.6. The third-order valence-electron chi connectivity index (χ3n) is 5.55. The summed E-state index contributed by atoms with van der Waals surface area (Å²) in [6.45, 7) is 8.92. The smallest absolute Gasteiger partial charge is 0.232 e. The minimum Gasteiger partial charge on any atom is -0.507 e. The van der Waals surface area contributed by atoms with Crippen LogP contribution in [0.1, 0.15) is 47.3 Å². The number of rotatable bonds is 3. The van der Waals surface area contributed by atoms with Crippen molar-refractivity contribution in [1.82, 2.24) is 9.88 Å². The molecule has 0 spiro atoms. The number of ether oxygens (including phenoxy) is 1. The van der Waals surface area contributed by atoms with Gasteiger partial charge in [0.2, 0.25) is 5.78 Å². The van der Waals surface area contributed by atoms with Gasteiger partial charge >= 0.3 is 0 Å². The predicted octanol–water partition coefficient (Wildman–Crippen LogP) is 4.19. The summed E-state index contributed by atoms with van der Waals surface area (Å²) in [5, 5.41) is 10.6. The number of aromatic nitrogens is 1. The van der Waals surface area contributed by atoms with E-state index in [1.54, 1.807) is 24.5 Å². The lowest BCUT2D eigenvalue weighted by Crippen LogP contribution is -2.38. The van der Waals surface area contributed by atoms with Gasteiger partial charge < -0.3 is 9.84 Å². The van der Waals surface area contributed by atoms with E-state index in [0.29, 0.717) is 35.3 Å². The first-order valence-electron chi connectivity index (χ1n) is 9.84. The molecule has 2 unspecified atom stereocenters. The molecule has 0 amide bonds. The zero-order valence-electron chi connectivity index (χ0n) is 16.6. The highest BCUT2D eigenvalue weighted by Crippen LogP contribution is 2.42. The third-order valence-corrected chi connectivity index (χ3v) is 5.55. The summed E-state index contributed by atoms with van der Waals surface area (Å²) in [5.41, 5.74) is 2.85. The standard InChI is InChI=1S/C23H26N2O3/c1-14-8-15(2)12-25(11-14)13-18-19(26)9-16(3)21-22(27)20(28-23(18)21)10-17-4-6-24-7-5-17/h4-7,9-10,14-15,26H,8,11-13H2,1-3H3/b20-10+. The molecule has 1 N–H and O–H groups in total. The highest BCUT2D eigenvalue weighted by molar-refractivity contribution is 6.15. The number of allylic oxidation sites excluding steroid dienone is 1. The van der Waals surface area contributed by atoms with Crippen LogP contribution in [-0.2, 0) is 6.54 Å². The molecule has 5 heteroatoms. The summed E-state index contributed by atoms with van der Waals surface area (Å²) in [7, 11) is 0. The molecule has 1 saturated heterocycles. The Balaban J connectivity index is 1.69. The minimum atomic E-state index is -0.133. The molecule has 0 saturated carbocycles. The van der Waals surface area contributed by atoms with Crippen LogP contribution in [0.3, 0.4) is 0 Å². The summed E-state index contributed by atoms with van der Waals surface area (Å²) in [6.07, 6.45) is 6.32. The maximum absolute atomic E-state index is 13.0. The van der Waals surface area contributed by atoms with Gasteiger partial charge in [0.05, 0.1) is 11.1 Å². The first kappa shape index (κ1) is 18.7. The second kappa shape index (κ2) is 7.40. The molecule has 2 aromatic rings. The van der Waals surface area contributed by atoms with Gasteiger partial charge in [-0.1, -0.05) is 13.8 Å². The van der Waals surface area contributed by atoms with Gasteiger partial charge in [0.15, 0.2) is 5.76 Å². The normalized spacial score (nSPS) is 23.7. The molecular formula is C23H26N2O3. The van der Waals surface area contributed by atoms with Gasteiger partial charge in [-0.25, -0.2) is 0 Å². The van der Waals surface area contributed by atoms with Crippen LogP contribution in [0.4, 0.5) is 0 Å². The molecule has 0 radical (unpaired) electrons. The number of fused-ring (bicyclic) bond motifs is 1. The van der Waals surface area contributed by atoms with Crippen molar-refractivity contribution in [3.63, 3.8) is 0 Å². The maximum atomic E-state index is 13.0. The minimum absolute atomic E-state index is 0.133. The number of carbonyl (C=O) groups excluding carboxylic acids is 1. The molecule has 2 atom stereocenters. The number of phenolic OH excluding ortho intramolecular Hbond substituents is 1. The fraction of sp³-hybridized carbons (Fsp3) is 0.391. The molecule has 2 aliphatic heterocycles. The Hall–Kier alpha value is -2.66. The van der Waals surface area contributed by atoms with E-state index in [4.69, 9.17) is 4.74 Å². The number of carbonyl (C=O) groups is 1. The molecule has 1 aromatic heterocycles. The van der Waals surface area contributed by atoms with Crippen molar-refractivity contribution in [1.29, 1.82) is 0 Å². The number of benzene rings is 1. The monoisotopic (exact) mass is 378 g/mol. The van der Waals surface area contributed by atoms with Crippen molar-refractivity contribution in [2.45, 2.75) is 33.7 Å². The number of hydrogen-bond acceptors (Lipinski definition) is 5. The zero-order chi connectivity index (χ0) is 19.8. The number of likely N-dealkylation sites (tertiary alicyclic amines) is 1. The van der Waals surface area contributed by atoms with Crippen LogP contribution >= 0.6 is 0 Å². The molecule has 1 fully saturated rings. The second-order valence-electron chi connectivity index (χ2n) is 8.26. The van der Waals surface area contributed by atoms with E-state index in [0.717, 1.165) is 24.2 Å². The highest BCUT2D eigenvalue weighted by Gasteiger charge is 2.34. The van der Waals surface area contributed by atoms with Gasteiger partial charge in [-0.15, -0.1) is 0 Å². The summed E-state index contributed by atoms with van der Waals surface area (Å²) in [5.74, 6) is 2.10. The molecular weight excluding hydrogens is 352 g/mol. The second-order valence-corrected chi connectivity index (χ2v) is 8.26. The Morgan fingerprint density at radius 1 is 1.25 bits per heavy atom. The molecule has 1 aromatic carbocycles. The summed E-state index contributed by atoms with van der Waals surface area (Å²) in [6, 6.07) is 5.34. The van der Waals surface area contributed by atoms with Gasteiger partial charge in [-0.05, 0) is 60.6 Å². The van der Waals surface area contributed by atoms with Crippen LogP contribution in [-0.4, -0.2) is 33.9 Å². The Kier molecular flexibility index (Phi) is 4.94. The van der Waals surface area contributed by atoms with E-state index in [-0.39, 0.29) is 17.3 Å². The van der Waals surface area contributed by atoms with E-state index in [9.17, 15) is 9.90 Å². The number of nitrogens with zero attached hydrogens (tertiary/aromatic N) is 2.